The van der Waals surface area contributed by atoms with E-state index in [4.69, 9.17) is 17.2 Å². The van der Waals surface area contributed by atoms with Crippen molar-refractivity contribution in [3.05, 3.63) is 150 Å². The molecule has 0 spiro atoms. The number of hydrogen-bond acceptors (Lipinski definition) is 13. The van der Waals surface area contributed by atoms with Crippen LogP contribution in [0.4, 0.5) is 0 Å². The van der Waals surface area contributed by atoms with Crippen LogP contribution in [-0.4, -0.2) is 117 Å². The largest absolute Gasteiger partial charge is 0.368 e. The fourth-order valence-electron chi connectivity index (χ4n) is 9.75. The van der Waals surface area contributed by atoms with Crippen molar-refractivity contribution in [2.45, 2.75) is 94.3 Å². The number of nitrogens with zero attached hydrogens (tertiary/aromatic N) is 1. The van der Waals surface area contributed by atoms with Crippen LogP contribution in [0.15, 0.2) is 128 Å². The molecule has 15 N–H and O–H groups in total. The van der Waals surface area contributed by atoms with Crippen LogP contribution in [0.2, 0.25) is 0 Å². The number of benzene rings is 5. The lowest BCUT2D eigenvalue weighted by Crippen LogP contribution is -2.61. The van der Waals surface area contributed by atoms with E-state index in [9.17, 15) is 38.4 Å². The molecule has 0 aliphatic carbocycles. The minimum absolute atomic E-state index is 0.0698. The molecule has 1 fully saturated rings. The summed E-state index contributed by atoms with van der Waals surface area (Å²) in [4.78, 5) is 126. The molecule has 1 aliphatic rings. The number of para-hydroxylation sites is 1. The Balaban J connectivity index is 1.16. The zero-order valence-corrected chi connectivity index (χ0v) is 46.4. The molecule has 23 heteroatoms. The first-order chi connectivity index (χ1) is 39.1. The topological polar surface area (TPSA) is 343 Å². The third-order valence-corrected chi connectivity index (χ3v) is 16.6. The number of primary amides is 1. The van der Waals surface area contributed by atoms with Crippen molar-refractivity contribution in [2.24, 2.45) is 23.1 Å². The van der Waals surface area contributed by atoms with Gasteiger partial charge in [0.25, 0.3) is 0 Å². The Kier molecular flexibility index (Phi) is 20.2. The number of carbonyl (C=O) groups excluding carboxylic acids is 8. The summed E-state index contributed by atoms with van der Waals surface area (Å²) in [6.45, 7) is 3.69. The Labute approximate surface area is 475 Å². The van der Waals surface area contributed by atoms with E-state index in [1.165, 1.54) is 12.5 Å². The maximum Gasteiger partial charge on any atom is 0.244 e. The number of fused-ring (bicyclic) bond motifs is 3. The van der Waals surface area contributed by atoms with Crippen molar-refractivity contribution in [2.75, 3.05) is 18.1 Å². The molecule has 21 nitrogen and oxygen atoms in total. The number of imidazole rings is 1. The van der Waals surface area contributed by atoms with E-state index in [2.05, 4.69) is 52.2 Å². The van der Waals surface area contributed by atoms with E-state index >= 15 is 0 Å². The number of aromatic amines is 2. The first-order valence-corrected chi connectivity index (χ1v) is 29.2. The fraction of sp³-hybridized carbons (Fsp3) is 0.328. The predicted molar refractivity (Wildman–Crippen MR) is 313 cm³/mol. The molecule has 5 aromatic carbocycles. The van der Waals surface area contributed by atoms with Crippen molar-refractivity contribution < 1.29 is 38.4 Å². The van der Waals surface area contributed by atoms with Crippen LogP contribution in [0.5, 0.6) is 0 Å². The smallest absolute Gasteiger partial charge is 0.244 e. The summed E-state index contributed by atoms with van der Waals surface area (Å²) >= 11 is 0. The van der Waals surface area contributed by atoms with E-state index in [1.807, 2.05) is 72.8 Å². The van der Waals surface area contributed by atoms with Gasteiger partial charge in [0.1, 0.15) is 48.3 Å². The fourth-order valence-corrected chi connectivity index (χ4v) is 12.1. The second-order valence-electron chi connectivity index (χ2n) is 20.2. The Morgan fingerprint density at radius 1 is 0.654 bits per heavy atom. The second kappa shape index (κ2) is 27.8. The molecule has 8 atom stereocenters. The van der Waals surface area contributed by atoms with Gasteiger partial charge in [-0.2, -0.15) is 0 Å². The van der Waals surface area contributed by atoms with Gasteiger partial charge in [-0.1, -0.05) is 139 Å². The summed E-state index contributed by atoms with van der Waals surface area (Å²) in [7, 11) is 2.13. The normalized spacial score (nSPS) is 20.8. The summed E-state index contributed by atoms with van der Waals surface area (Å²) in [5.41, 5.74) is 21.3. The van der Waals surface area contributed by atoms with E-state index in [0.29, 0.717) is 47.2 Å². The zero-order valence-electron chi connectivity index (χ0n) is 44.7. The predicted octanol–water partition coefficient (Wildman–Crippen LogP) is 3.11. The number of aromatic nitrogens is 3. The Hall–Kier alpha value is -8.25. The lowest BCUT2D eigenvalue weighted by Gasteiger charge is -2.29. The first kappa shape index (κ1) is 58.9. The summed E-state index contributed by atoms with van der Waals surface area (Å²) in [6, 6.07) is 22.0. The summed E-state index contributed by atoms with van der Waals surface area (Å²) < 4.78 is 0. The van der Waals surface area contributed by atoms with E-state index < -0.39 is 102 Å². The lowest BCUT2D eigenvalue weighted by molar-refractivity contribution is -0.136. The third-order valence-electron chi connectivity index (χ3n) is 14.1. The molecule has 1 aliphatic heterocycles. The van der Waals surface area contributed by atoms with Crippen LogP contribution in [0.1, 0.15) is 67.6 Å². The average Bonchev–Trinajstić information content (AvgIpc) is 4.21. The van der Waals surface area contributed by atoms with Crippen LogP contribution in [0, 0.1) is 5.92 Å². The number of amides is 8. The SMILES string of the molecule is CC(C)C1NC(=O)[C@H](CCCCN)NC(=O)C(Cc2c[nH]c3ccccc23)NC(=O)[C@H](Cc2cnc[nH]2)NC(=O)C(NC(=O)[C@@H](N)c2cccc3ccccc23)CSSCC(C(=O)N[C@H](C(N)=O)c2cccc3ccccc23)NC1=O. The van der Waals surface area contributed by atoms with Crippen LogP contribution in [0.25, 0.3) is 32.4 Å². The average molecular weight is 1140 g/mol. The second-order valence-corrected chi connectivity index (χ2v) is 22.7. The quantitative estimate of drug-likeness (QED) is 0.0490. The standard InChI is InChI=1S/C58H67N13O8S2/c1-32(2)49-58(79)69-47(56(77)71-50(51(61)72)41-21-12-16-34-14-4-6-18-38(34)41)30-81-80-29-46(68-57(78)48(60)40-20-11-15-33-13-3-5-17-37(33)40)55(76)67-45(26-36-28-62-31-64-36)54(75)66-44(25-35-27-63-42-22-8-7-19-39(35)42)53(74)65-43(52(73)70-49)23-9-10-24-59/h3-8,11-22,27-28,31-32,43-50,63H,9-10,23-26,29-30,59-60H2,1-2H3,(H2,61,72)(H,62,64)(H,65,74)(H,66,75)(H,67,76)(H,68,78)(H,69,79)(H,70,73)(H,71,77)/t43-,44?,45-,46?,47?,48-,49?,50-/m0/s1. The number of H-pyrrole nitrogens is 2. The Bertz CT molecular complexity index is 3380. The van der Waals surface area contributed by atoms with Crippen molar-refractivity contribution in [1.82, 2.24) is 52.2 Å². The molecule has 4 unspecified atom stereocenters. The van der Waals surface area contributed by atoms with Crippen LogP contribution >= 0.6 is 21.6 Å². The molecule has 424 valence electrons. The first-order valence-electron chi connectivity index (χ1n) is 26.7. The van der Waals surface area contributed by atoms with Gasteiger partial charge in [-0.15, -0.1) is 0 Å². The molecule has 7 aromatic rings. The van der Waals surface area contributed by atoms with Crippen molar-refractivity contribution >= 4 is 101 Å². The summed E-state index contributed by atoms with van der Waals surface area (Å²) in [6.07, 6.45) is 5.38. The van der Waals surface area contributed by atoms with Gasteiger partial charge in [0.05, 0.1) is 6.33 Å². The van der Waals surface area contributed by atoms with Crippen LogP contribution < -0.4 is 54.4 Å². The molecule has 1 saturated heterocycles. The molecule has 2 aromatic heterocycles. The Morgan fingerprint density at radius 2 is 1.25 bits per heavy atom. The number of rotatable bonds is 16. The molecule has 8 rings (SSSR count). The van der Waals surface area contributed by atoms with Gasteiger partial charge < -0.3 is 64.4 Å². The van der Waals surface area contributed by atoms with Gasteiger partial charge in [-0.05, 0) is 76.0 Å². The van der Waals surface area contributed by atoms with E-state index in [-0.39, 0.29) is 30.8 Å². The maximum atomic E-state index is 14.9. The minimum atomic E-state index is -1.40. The molecule has 0 radical (unpaired) electrons. The number of hydrogen-bond donors (Lipinski definition) is 12. The van der Waals surface area contributed by atoms with Crippen LogP contribution in [0.3, 0.4) is 0 Å². The van der Waals surface area contributed by atoms with Crippen molar-refractivity contribution in [3.63, 3.8) is 0 Å². The third kappa shape index (κ3) is 15.0. The highest BCUT2D eigenvalue weighted by Crippen LogP contribution is 2.28. The summed E-state index contributed by atoms with van der Waals surface area (Å²) in [5.74, 6) is -7.11. The van der Waals surface area contributed by atoms with Gasteiger partial charge in [0.2, 0.25) is 47.3 Å². The molecular formula is C58H67N13O8S2. The molecule has 81 heavy (non-hydrogen) atoms. The van der Waals surface area contributed by atoms with Gasteiger partial charge in [0, 0.05) is 53.3 Å². The minimum Gasteiger partial charge on any atom is -0.368 e. The summed E-state index contributed by atoms with van der Waals surface area (Å²) in [5, 5.41) is 23.5. The van der Waals surface area contributed by atoms with Gasteiger partial charge in [-0.3, -0.25) is 38.4 Å². The molecular weight excluding hydrogens is 1070 g/mol. The van der Waals surface area contributed by atoms with E-state index in [0.717, 1.165) is 48.6 Å². The molecule has 8 amide bonds. The highest BCUT2D eigenvalue weighted by molar-refractivity contribution is 8.76. The zero-order chi connectivity index (χ0) is 57.6. The Morgan fingerprint density at radius 3 is 1.91 bits per heavy atom. The van der Waals surface area contributed by atoms with Crippen molar-refractivity contribution in [1.29, 1.82) is 0 Å². The van der Waals surface area contributed by atoms with Crippen LogP contribution in [-0.2, 0) is 51.2 Å². The van der Waals surface area contributed by atoms with Crippen molar-refractivity contribution in [3.8, 4) is 0 Å². The van der Waals surface area contributed by atoms with Gasteiger partial charge >= 0.3 is 0 Å². The highest BCUT2D eigenvalue weighted by Gasteiger charge is 2.37. The number of nitrogens with two attached hydrogens (primary N) is 3. The molecule has 3 heterocycles. The maximum absolute atomic E-state index is 14.9. The highest BCUT2D eigenvalue weighted by atomic mass is 33.1. The molecule has 0 saturated carbocycles. The van der Waals surface area contributed by atoms with Gasteiger partial charge in [0.15, 0.2) is 0 Å². The lowest BCUT2D eigenvalue weighted by atomic mass is 9.98. The number of nitrogens with one attached hydrogen (secondary N) is 9. The number of carbonyl (C=O) groups is 8. The van der Waals surface area contributed by atoms with Gasteiger partial charge in [-0.25, -0.2) is 4.98 Å². The monoisotopic (exact) mass is 1140 g/mol. The number of unbranched alkanes of at least 4 members (excludes halogenated alkanes) is 1. The van der Waals surface area contributed by atoms with E-state index in [1.54, 1.807) is 56.4 Å². The molecule has 0 bridgehead atoms.